The molecule has 1 aromatic carbocycles. The molecule has 0 aliphatic carbocycles. The molecule has 1 fully saturated rings. The highest BCUT2D eigenvalue weighted by Crippen LogP contribution is 2.15. The lowest BCUT2D eigenvalue weighted by molar-refractivity contribution is 0.373. The molecule has 7 heteroatoms. The first-order chi connectivity index (χ1) is 11.8. The van der Waals surface area contributed by atoms with Crippen LogP contribution in [0.25, 0.3) is 0 Å². The van der Waals surface area contributed by atoms with E-state index < -0.39 is 0 Å². The maximum absolute atomic E-state index is 4.44. The van der Waals surface area contributed by atoms with Gasteiger partial charge < -0.3 is 15.1 Å². The van der Waals surface area contributed by atoms with Gasteiger partial charge in [0.1, 0.15) is 0 Å². The second-order valence-electron chi connectivity index (χ2n) is 5.90. The van der Waals surface area contributed by atoms with Gasteiger partial charge in [0, 0.05) is 63.0 Å². The van der Waals surface area contributed by atoms with E-state index in [0.29, 0.717) is 0 Å². The van der Waals surface area contributed by atoms with Gasteiger partial charge in [-0.15, -0.1) is 35.3 Å². The molecule has 136 valence electrons. The largest absolute Gasteiger partial charge is 0.368 e. The van der Waals surface area contributed by atoms with E-state index in [1.807, 2.05) is 13.2 Å². The van der Waals surface area contributed by atoms with Crippen LogP contribution in [0.1, 0.15) is 9.88 Å². The zero-order valence-electron chi connectivity index (χ0n) is 14.8. The van der Waals surface area contributed by atoms with Crippen molar-refractivity contribution >= 4 is 47.0 Å². The number of para-hydroxylation sites is 1. The normalized spacial score (nSPS) is 15.0. The van der Waals surface area contributed by atoms with Crippen molar-refractivity contribution in [3.8, 4) is 0 Å². The molecule has 0 bridgehead atoms. The molecule has 2 heterocycles. The molecule has 25 heavy (non-hydrogen) atoms. The van der Waals surface area contributed by atoms with Crippen LogP contribution in [0.3, 0.4) is 0 Å². The van der Waals surface area contributed by atoms with E-state index in [1.165, 1.54) is 15.6 Å². The van der Waals surface area contributed by atoms with Gasteiger partial charge in [-0.05, 0) is 19.1 Å². The van der Waals surface area contributed by atoms with Crippen molar-refractivity contribution in [1.82, 2.24) is 15.2 Å². The molecule has 2 aromatic rings. The van der Waals surface area contributed by atoms with E-state index in [9.17, 15) is 0 Å². The number of nitrogens with zero attached hydrogens (tertiary/aromatic N) is 4. The van der Waals surface area contributed by atoms with E-state index in [0.717, 1.165) is 45.1 Å². The Morgan fingerprint density at radius 3 is 2.52 bits per heavy atom. The van der Waals surface area contributed by atoms with Crippen LogP contribution in [-0.2, 0) is 6.42 Å². The highest BCUT2D eigenvalue weighted by molar-refractivity contribution is 14.0. The lowest BCUT2D eigenvalue weighted by atomic mass is 10.2. The Kier molecular flexibility index (Phi) is 7.95. The van der Waals surface area contributed by atoms with Crippen LogP contribution in [0.15, 0.2) is 41.5 Å². The summed E-state index contributed by atoms with van der Waals surface area (Å²) in [5.74, 6) is 0.996. The van der Waals surface area contributed by atoms with E-state index in [4.69, 9.17) is 0 Å². The Balaban J connectivity index is 0.00000225. The van der Waals surface area contributed by atoms with Crippen molar-refractivity contribution < 1.29 is 0 Å². The average Bonchev–Trinajstić information content (AvgIpc) is 3.05. The molecule has 1 aliphatic rings. The molecule has 0 saturated carbocycles. The number of anilines is 1. The maximum Gasteiger partial charge on any atom is 0.193 e. The first-order valence-electron chi connectivity index (χ1n) is 8.43. The van der Waals surface area contributed by atoms with Crippen molar-refractivity contribution in [2.75, 3.05) is 44.7 Å². The summed E-state index contributed by atoms with van der Waals surface area (Å²) in [6.45, 7) is 7.00. The quantitative estimate of drug-likeness (QED) is 0.423. The highest BCUT2D eigenvalue weighted by Gasteiger charge is 2.19. The molecule has 0 radical (unpaired) electrons. The van der Waals surface area contributed by atoms with Crippen molar-refractivity contribution in [1.29, 1.82) is 0 Å². The van der Waals surface area contributed by atoms with E-state index in [-0.39, 0.29) is 24.0 Å². The second-order valence-corrected chi connectivity index (χ2v) is 7.22. The summed E-state index contributed by atoms with van der Waals surface area (Å²) in [7, 11) is 1.86. The number of thiazole rings is 1. The fourth-order valence-electron chi connectivity index (χ4n) is 2.95. The van der Waals surface area contributed by atoms with Gasteiger partial charge in [0.2, 0.25) is 0 Å². The number of aryl methyl sites for hydroxylation is 1. The molecule has 0 unspecified atom stereocenters. The van der Waals surface area contributed by atoms with Gasteiger partial charge in [-0.1, -0.05) is 18.2 Å². The SMILES string of the molecule is CN=C(NCCc1ncc(C)s1)N1CCN(c2ccccc2)CC1.I. The Hall–Kier alpha value is -1.35. The summed E-state index contributed by atoms with van der Waals surface area (Å²) >= 11 is 1.77. The zero-order chi connectivity index (χ0) is 16.8. The molecule has 1 saturated heterocycles. The molecule has 1 aliphatic heterocycles. The van der Waals surface area contributed by atoms with Gasteiger partial charge in [-0.2, -0.15) is 0 Å². The third-order valence-electron chi connectivity index (χ3n) is 4.20. The molecule has 3 rings (SSSR count). The van der Waals surface area contributed by atoms with Gasteiger partial charge >= 0.3 is 0 Å². The van der Waals surface area contributed by atoms with Crippen LogP contribution in [0, 0.1) is 6.92 Å². The minimum atomic E-state index is 0. The van der Waals surface area contributed by atoms with E-state index in [1.54, 1.807) is 11.3 Å². The summed E-state index contributed by atoms with van der Waals surface area (Å²) in [5, 5.41) is 4.66. The molecule has 0 amide bonds. The maximum atomic E-state index is 4.44. The highest BCUT2D eigenvalue weighted by atomic mass is 127. The number of hydrogen-bond acceptors (Lipinski definition) is 4. The third kappa shape index (κ3) is 5.57. The molecular weight excluding hydrogens is 445 g/mol. The fraction of sp³-hybridized carbons (Fsp3) is 0.444. The summed E-state index contributed by atoms with van der Waals surface area (Å²) in [6, 6.07) is 10.6. The number of guanidine groups is 1. The van der Waals surface area contributed by atoms with Crippen LogP contribution < -0.4 is 10.2 Å². The first-order valence-corrected chi connectivity index (χ1v) is 9.25. The lowest BCUT2D eigenvalue weighted by Crippen LogP contribution is -2.52. The van der Waals surface area contributed by atoms with Gasteiger partial charge in [-0.3, -0.25) is 4.99 Å². The van der Waals surface area contributed by atoms with Crippen molar-refractivity contribution in [3.63, 3.8) is 0 Å². The van der Waals surface area contributed by atoms with Crippen molar-refractivity contribution in [2.45, 2.75) is 13.3 Å². The van der Waals surface area contributed by atoms with Crippen LogP contribution >= 0.6 is 35.3 Å². The zero-order valence-corrected chi connectivity index (χ0v) is 18.0. The number of nitrogens with one attached hydrogen (secondary N) is 1. The van der Waals surface area contributed by atoms with Crippen molar-refractivity contribution in [2.24, 2.45) is 4.99 Å². The molecule has 1 aromatic heterocycles. The third-order valence-corrected chi connectivity index (χ3v) is 5.18. The number of hydrogen-bond donors (Lipinski definition) is 1. The Morgan fingerprint density at radius 1 is 1.20 bits per heavy atom. The number of piperazine rings is 1. The summed E-state index contributed by atoms with van der Waals surface area (Å²) in [5.41, 5.74) is 1.30. The van der Waals surface area contributed by atoms with Crippen LogP contribution in [0.2, 0.25) is 0 Å². The number of aliphatic imine (C=N–C) groups is 1. The second kappa shape index (κ2) is 9.96. The molecular formula is C18H26IN5S. The van der Waals surface area contributed by atoms with Crippen LogP contribution in [0.5, 0.6) is 0 Å². The standard InChI is InChI=1S/C18H25N5S.HI/c1-15-14-21-17(24-15)8-9-20-18(19-2)23-12-10-22(11-13-23)16-6-4-3-5-7-16;/h3-7,14H,8-13H2,1-2H3,(H,19,20);1H. The Morgan fingerprint density at radius 2 is 1.92 bits per heavy atom. The predicted molar refractivity (Wildman–Crippen MR) is 118 cm³/mol. The van der Waals surface area contributed by atoms with Gasteiger partial charge in [0.25, 0.3) is 0 Å². The van der Waals surface area contributed by atoms with E-state index >= 15 is 0 Å². The minimum absolute atomic E-state index is 0. The Labute approximate surface area is 171 Å². The van der Waals surface area contributed by atoms with Gasteiger partial charge in [0.05, 0.1) is 5.01 Å². The number of halogens is 1. The van der Waals surface area contributed by atoms with Gasteiger partial charge in [-0.25, -0.2) is 4.98 Å². The molecule has 0 atom stereocenters. The van der Waals surface area contributed by atoms with Crippen LogP contribution in [0.4, 0.5) is 5.69 Å². The smallest absolute Gasteiger partial charge is 0.193 e. The number of benzene rings is 1. The predicted octanol–water partition coefficient (Wildman–Crippen LogP) is 3.01. The molecule has 1 N–H and O–H groups in total. The summed E-state index contributed by atoms with van der Waals surface area (Å²) in [4.78, 5) is 14.9. The molecule has 0 spiro atoms. The fourth-order valence-corrected chi connectivity index (χ4v) is 3.73. The first kappa shape index (κ1) is 20.0. The Bertz CT molecular complexity index is 665. The summed E-state index contributed by atoms with van der Waals surface area (Å²) < 4.78 is 0. The monoisotopic (exact) mass is 471 g/mol. The van der Waals surface area contributed by atoms with E-state index in [2.05, 4.69) is 62.3 Å². The minimum Gasteiger partial charge on any atom is -0.368 e. The van der Waals surface area contributed by atoms with Crippen LogP contribution in [-0.4, -0.2) is 55.6 Å². The number of rotatable bonds is 4. The van der Waals surface area contributed by atoms with Gasteiger partial charge in [0.15, 0.2) is 5.96 Å². The molecule has 5 nitrogen and oxygen atoms in total. The topological polar surface area (TPSA) is 43.8 Å². The average molecular weight is 471 g/mol. The van der Waals surface area contributed by atoms with Crippen molar-refractivity contribution in [3.05, 3.63) is 46.4 Å². The number of aromatic nitrogens is 1. The lowest BCUT2D eigenvalue weighted by Gasteiger charge is -2.37. The summed E-state index contributed by atoms with van der Waals surface area (Å²) in [6.07, 6.45) is 2.89.